The number of guanidine groups is 1. The van der Waals surface area contributed by atoms with Gasteiger partial charge in [0.2, 0.25) is 0 Å². The molecule has 1 aromatic rings. The standard InChI is InChI=1S/C17H27N3O3.HI/c1-14(15-8-5-4-6-9-15)23-13-7-11-19-17(18-2)20-12-10-16(21)22-3;/h4-6,8-9,14H,7,10-13H2,1-3H3,(H2,18,19,20);1H. The molecule has 0 heterocycles. The van der Waals surface area contributed by atoms with Crippen LogP contribution in [0.25, 0.3) is 0 Å². The molecule has 0 aliphatic heterocycles. The van der Waals surface area contributed by atoms with Gasteiger partial charge in [0.1, 0.15) is 0 Å². The largest absolute Gasteiger partial charge is 0.469 e. The van der Waals surface area contributed by atoms with Crippen LogP contribution in [0.2, 0.25) is 0 Å². The van der Waals surface area contributed by atoms with Gasteiger partial charge in [-0.2, -0.15) is 0 Å². The number of hydrogen-bond donors (Lipinski definition) is 2. The minimum atomic E-state index is -0.240. The molecule has 0 radical (unpaired) electrons. The Morgan fingerprint density at radius 1 is 1.21 bits per heavy atom. The van der Waals surface area contributed by atoms with E-state index in [0.717, 1.165) is 13.0 Å². The van der Waals surface area contributed by atoms with E-state index in [2.05, 4.69) is 39.4 Å². The lowest BCUT2D eigenvalue weighted by Gasteiger charge is -2.14. The predicted octanol–water partition coefficient (Wildman–Crippen LogP) is 2.50. The molecule has 2 N–H and O–H groups in total. The quantitative estimate of drug-likeness (QED) is 0.199. The van der Waals surface area contributed by atoms with E-state index in [0.29, 0.717) is 25.5 Å². The number of hydrogen-bond acceptors (Lipinski definition) is 4. The molecule has 0 amide bonds. The van der Waals surface area contributed by atoms with E-state index >= 15 is 0 Å². The molecule has 0 bridgehead atoms. The summed E-state index contributed by atoms with van der Waals surface area (Å²) >= 11 is 0. The third-order valence-corrected chi connectivity index (χ3v) is 3.32. The monoisotopic (exact) mass is 449 g/mol. The summed E-state index contributed by atoms with van der Waals surface area (Å²) in [6.07, 6.45) is 1.28. The van der Waals surface area contributed by atoms with E-state index in [1.54, 1.807) is 7.05 Å². The molecular formula is C17H28IN3O3. The summed E-state index contributed by atoms with van der Waals surface area (Å²) in [6.45, 7) is 3.96. The topological polar surface area (TPSA) is 72.0 Å². The first-order valence-electron chi connectivity index (χ1n) is 7.85. The van der Waals surface area contributed by atoms with Crippen molar-refractivity contribution in [3.8, 4) is 0 Å². The van der Waals surface area contributed by atoms with Crippen molar-refractivity contribution in [1.29, 1.82) is 0 Å². The Hall–Kier alpha value is -1.35. The molecule has 0 saturated heterocycles. The molecule has 0 fully saturated rings. The number of aliphatic imine (C=N–C) groups is 1. The summed E-state index contributed by atoms with van der Waals surface area (Å²) in [5, 5.41) is 6.24. The van der Waals surface area contributed by atoms with Crippen molar-refractivity contribution >= 4 is 35.9 Å². The van der Waals surface area contributed by atoms with Gasteiger partial charge in [0.05, 0.1) is 19.6 Å². The van der Waals surface area contributed by atoms with Gasteiger partial charge in [0.25, 0.3) is 0 Å². The summed E-state index contributed by atoms with van der Waals surface area (Å²) in [5.74, 6) is 0.432. The van der Waals surface area contributed by atoms with Gasteiger partial charge in [-0.05, 0) is 18.9 Å². The van der Waals surface area contributed by atoms with Gasteiger partial charge in [0, 0.05) is 26.7 Å². The minimum absolute atomic E-state index is 0. The van der Waals surface area contributed by atoms with Crippen molar-refractivity contribution in [3.05, 3.63) is 35.9 Å². The van der Waals surface area contributed by atoms with Crippen molar-refractivity contribution in [2.45, 2.75) is 25.9 Å². The minimum Gasteiger partial charge on any atom is -0.469 e. The number of methoxy groups -OCH3 is 1. The molecule has 136 valence electrons. The molecule has 1 unspecified atom stereocenters. The van der Waals surface area contributed by atoms with Crippen molar-refractivity contribution in [2.75, 3.05) is 33.9 Å². The van der Waals surface area contributed by atoms with Crippen LogP contribution in [0.5, 0.6) is 0 Å². The number of ether oxygens (including phenoxy) is 2. The van der Waals surface area contributed by atoms with Crippen LogP contribution in [0.15, 0.2) is 35.3 Å². The first-order valence-corrected chi connectivity index (χ1v) is 7.85. The molecule has 0 saturated carbocycles. The third kappa shape index (κ3) is 9.71. The van der Waals surface area contributed by atoms with E-state index in [-0.39, 0.29) is 36.0 Å². The molecule has 1 rings (SSSR count). The lowest BCUT2D eigenvalue weighted by atomic mass is 10.1. The first-order chi connectivity index (χ1) is 11.2. The van der Waals surface area contributed by atoms with Gasteiger partial charge in [-0.25, -0.2) is 0 Å². The van der Waals surface area contributed by atoms with Crippen LogP contribution < -0.4 is 10.6 Å². The van der Waals surface area contributed by atoms with Crippen molar-refractivity contribution in [1.82, 2.24) is 10.6 Å². The van der Waals surface area contributed by atoms with Gasteiger partial charge in [-0.3, -0.25) is 9.79 Å². The summed E-state index contributed by atoms with van der Waals surface area (Å²) in [6, 6.07) is 10.2. The highest BCUT2D eigenvalue weighted by atomic mass is 127. The van der Waals surface area contributed by atoms with E-state index in [4.69, 9.17) is 4.74 Å². The molecule has 0 aromatic heterocycles. The molecule has 0 aliphatic rings. The normalized spacial score (nSPS) is 12.0. The van der Waals surface area contributed by atoms with Crippen LogP contribution in [0.1, 0.15) is 31.4 Å². The van der Waals surface area contributed by atoms with Crippen LogP contribution in [0.4, 0.5) is 0 Å². The van der Waals surface area contributed by atoms with E-state index in [1.807, 2.05) is 18.2 Å². The van der Waals surface area contributed by atoms with Crippen molar-refractivity contribution < 1.29 is 14.3 Å². The number of carbonyl (C=O) groups is 1. The summed E-state index contributed by atoms with van der Waals surface area (Å²) in [5.41, 5.74) is 1.18. The SMILES string of the molecule is CN=C(NCCCOC(C)c1ccccc1)NCCC(=O)OC.I. The summed E-state index contributed by atoms with van der Waals surface area (Å²) in [7, 11) is 3.08. The number of esters is 1. The van der Waals surface area contributed by atoms with E-state index in [1.165, 1.54) is 12.7 Å². The first kappa shape index (κ1) is 22.6. The second-order valence-corrected chi connectivity index (χ2v) is 5.03. The Labute approximate surface area is 161 Å². The maximum Gasteiger partial charge on any atom is 0.307 e. The highest BCUT2D eigenvalue weighted by Crippen LogP contribution is 2.15. The highest BCUT2D eigenvalue weighted by Gasteiger charge is 2.05. The zero-order valence-corrected chi connectivity index (χ0v) is 16.9. The highest BCUT2D eigenvalue weighted by molar-refractivity contribution is 14.0. The number of halogens is 1. The average molecular weight is 449 g/mol. The zero-order valence-electron chi connectivity index (χ0n) is 14.6. The van der Waals surface area contributed by atoms with Crippen molar-refractivity contribution in [3.63, 3.8) is 0 Å². The van der Waals surface area contributed by atoms with Gasteiger partial charge in [-0.1, -0.05) is 30.3 Å². The lowest BCUT2D eigenvalue weighted by Crippen LogP contribution is -2.39. The Morgan fingerprint density at radius 3 is 2.50 bits per heavy atom. The van der Waals surface area contributed by atoms with Crippen LogP contribution in [0.3, 0.4) is 0 Å². The molecule has 0 spiro atoms. The van der Waals surface area contributed by atoms with Crippen LogP contribution in [0, 0.1) is 0 Å². The molecule has 0 aliphatic carbocycles. The fourth-order valence-electron chi connectivity index (χ4n) is 1.96. The van der Waals surface area contributed by atoms with Crippen LogP contribution in [-0.2, 0) is 14.3 Å². The van der Waals surface area contributed by atoms with E-state index in [9.17, 15) is 4.79 Å². The maximum atomic E-state index is 11.0. The smallest absolute Gasteiger partial charge is 0.307 e. The Kier molecular flexibility index (Phi) is 13.2. The third-order valence-electron chi connectivity index (χ3n) is 3.32. The van der Waals surface area contributed by atoms with Gasteiger partial charge in [0.15, 0.2) is 5.96 Å². The van der Waals surface area contributed by atoms with Gasteiger partial charge in [-0.15, -0.1) is 24.0 Å². The van der Waals surface area contributed by atoms with Crippen LogP contribution >= 0.6 is 24.0 Å². The molecular weight excluding hydrogens is 421 g/mol. The molecule has 1 atom stereocenters. The Balaban J connectivity index is 0.00000529. The molecule has 6 nitrogen and oxygen atoms in total. The number of nitrogens with one attached hydrogen (secondary N) is 2. The maximum absolute atomic E-state index is 11.0. The zero-order chi connectivity index (χ0) is 16.9. The van der Waals surface area contributed by atoms with Crippen molar-refractivity contribution in [2.24, 2.45) is 4.99 Å². The number of nitrogens with zero attached hydrogens (tertiary/aromatic N) is 1. The lowest BCUT2D eigenvalue weighted by molar-refractivity contribution is -0.140. The molecule has 1 aromatic carbocycles. The Morgan fingerprint density at radius 2 is 1.88 bits per heavy atom. The number of rotatable bonds is 9. The second kappa shape index (κ2) is 14.0. The summed E-state index contributed by atoms with van der Waals surface area (Å²) < 4.78 is 10.4. The second-order valence-electron chi connectivity index (χ2n) is 5.03. The number of carbonyl (C=O) groups excluding carboxylic acids is 1. The van der Waals surface area contributed by atoms with Gasteiger partial charge >= 0.3 is 5.97 Å². The van der Waals surface area contributed by atoms with Gasteiger partial charge < -0.3 is 20.1 Å². The summed E-state index contributed by atoms with van der Waals surface area (Å²) in [4.78, 5) is 15.1. The van der Waals surface area contributed by atoms with Crippen LogP contribution in [-0.4, -0.2) is 45.8 Å². The number of benzene rings is 1. The average Bonchev–Trinajstić information content (AvgIpc) is 2.60. The van der Waals surface area contributed by atoms with E-state index < -0.39 is 0 Å². The molecule has 7 heteroatoms. The Bertz CT molecular complexity index is 483. The molecule has 24 heavy (non-hydrogen) atoms. The fourth-order valence-corrected chi connectivity index (χ4v) is 1.96. The predicted molar refractivity (Wildman–Crippen MR) is 107 cm³/mol. The fraction of sp³-hybridized carbons (Fsp3) is 0.529.